The van der Waals surface area contributed by atoms with Crippen LogP contribution in [0.2, 0.25) is 0 Å². The smallest absolute Gasteiger partial charge is 0.148 e. The van der Waals surface area contributed by atoms with Gasteiger partial charge in [0.1, 0.15) is 10.0 Å². The molecule has 0 spiro atoms. The first-order valence-electron chi connectivity index (χ1n) is 6.89. The first kappa shape index (κ1) is 15.1. The minimum absolute atomic E-state index is 0.760. The number of nitrogens with one attached hydrogen (secondary N) is 1. The van der Waals surface area contributed by atoms with Gasteiger partial charge in [-0.2, -0.15) is 0 Å². The van der Waals surface area contributed by atoms with Crippen LogP contribution in [-0.2, 0) is 11.2 Å². The lowest BCUT2D eigenvalue weighted by molar-refractivity contribution is 0.199. The second kappa shape index (κ2) is 8.09. The molecule has 0 fully saturated rings. The van der Waals surface area contributed by atoms with E-state index in [2.05, 4.69) is 34.6 Å². The lowest BCUT2D eigenvalue weighted by Crippen LogP contribution is -2.20. The molecule has 0 saturated carbocycles. The van der Waals surface area contributed by atoms with Crippen LogP contribution in [0, 0.1) is 6.92 Å². The first-order valence-corrected chi connectivity index (χ1v) is 7.71. The molecule has 108 valence electrons. The molecular formula is C15H21N3OS. The molecule has 1 heterocycles. The SMILES string of the molecule is COCCNCCCc1nnc(-c2ccccc2C)s1. The molecule has 20 heavy (non-hydrogen) atoms. The van der Waals surface area contributed by atoms with E-state index in [1.807, 2.05) is 12.1 Å². The van der Waals surface area contributed by atoms with Crippen LogP contribution in [0.25, 0.3) is 10.6 Å². The highest BCUT2D eigenvalue weighted by Crippen LogP contribution is 2.26. The molecule has 0 saturated heterocycles. The Morgan fingerprint density at radius 2 is 2.05 bits per heavy atom. The predicted molar refractivity (Wildman–Crippen MR) is 83.1 cm³/mol. The number of methoxy groups -OCH3 is 1. The molecule has 0 aliphatic heterocycles. The normalized spacial score (nSPS) is 10.9. The summed E-state index contributed by atoms with van der Waals surface area (Å²) in [5.41, 5.74) is 2.44. The van der Waals surface area contributed by atoms with Gasteiger partial charge >= 0.3 is 0 Å². The van der Waals surface area contributed by atoms with E-state index >= 15 is 0 Å². The maximum atomic E-state index is 4.99. The van der Waals surface area contributed by atoms with Crippen molar-refractivity contribution >= 4 is 11.3 Å². The summed E-state index contributed by atoms with van der Waals surface area (Å²) in [5.74, 6) is 0. The number of nitrogens with zero attached hydrogens (tertiary/aromatic N) is 2. The molecule has 0 radical (unpaired) electrons. The Kier molecular flexibility index (Phi) is 6.11. The topological polar surface area (TPSA) is 47.0 Å². The van der Waals surface area contributed by atoms with Gasteiger partial charge in [0.15, 0.2) is 0 Å². The Morgan fingerprint density at radius 3 is 2.85 bits per heavy atom. The molecule has 2 rings (SSSR count). The standard InChI is InChI=1S/C15H21N3OS/c1-12-6-3-4-7-13(12)15-18-17-14(20-15)8-5-9-16-10-11-19-2/h3-4,6-7,16H,5,8-11H2,1-2H3. The fourth-order valence-electron chi connectivity index (χ4n) is 1.94. The van der Waals surface area contributed by atoms with E-state index in [1.165, 1.54) is 11.1 Å². The van der Waals surface area contributed by atoms with Crippen molar-refractivity contribution in [2.45, 2.75) is 19.8 Å². The maximum absolute atomic E-state index is 4.99. The molecule has 2 aromatic rings. The second-order valence-electron chi connectivity index (χ2n) is 4.66. The molecule has 1 N–H and O–H groups in total. The average molecular weight is 291 g/mol. The Hall–Kier alpha value is -1.30. The Labute approximate surface area is 124 Å². The van der Waals surface area contributed by atoms with Crippen LogP contribution in [0.15, 0.2) is 24.3 Å². The van der Waals surface area contributed by atoms with Crippen LogP contribution < -0.4 is 5.32 Å². The molecule has 0 aliphatic carbocycles. The van der Waals surface area contributed by atoms with Gasteiger partial charge in [0.25, 0.3) is 0 Å². The zero-order valence-corrected chi connectivity index (χ0v) is 12.9. The summed E-state index contributed by atoms with van der Waals surface area (Å²) < 4.78 is 4.99. The summed E-state index contributed by atoms with van der Waals surface area (Å²) in [6.45, 7) is 4.76. The fourth-order valence-corrected chi connectivity index (χ4v) is 2.91. The van der Waals surface area contributed by atoms with Crippen molar-refractivity contribution in [3.05, 3.63) is 34.8 Å². The average Bonchev–Trinajstić information content (AvgIpc) is 2.92. The number of hydrogen-bond donors (Lipinski definition) is 1. The van der Waals surface area contributed by atoms with Crippen molar-refractivity contribution in [1.82, 2.24) is 15.5 Å². The Balaban J connectivity index is 1.82. The first-order chi connectivity index (χ1) is 9.81. The number of benzene rings is 1. The quantitative estimate of drug-likeness (QED) is 0.760. The van der Waals surface area contributed by atoms with E-state index in [-0.39, 0.29) is 0 Å². The van der Waals surface area contributed by atoms with Gasteiger partial charge in [-0.3, -0.25) is 0 Å². The van der Waals surface area contributed by atoms with Crippen LogP contribution >= 0.6 is 11.3 Å². The summed E-state index contributed by atoms with van der Waals surface area (Å²) in [4.78, 5) is 0. The highest BCUT2D eigenvalue weighted by molar-refractivity contribution is 7.14. The van der Waals surface area contributed by atoms with Crippen LogP contribution in [0.1, 0.15) is 17.0 Å². The van der Waals surface area contributed by atoms with E-state index in [4.69, 9.17) is 4.74 Å². The second-order valence-corrected chi connectivity index (χ2v) is 5.72. The molecule has 0 aliphatic rings. The van der Waals surface area contributed by atoms with Crippen LogP contribution in [-0.4, -0.2) is 37.0 Å². The third kappa shape index (κ3) is 4.37. The van der Waals surface area contributed by atoms with Gasteiger partial charge in [0, 0.05) is 25.6 Å². The maximum Gasteiger partial charge on any atom is 0.148 e. The van der Waals surface area contributed by atoms with Gasteiger partial charge in [-0.05, 0) is 25.5 Å². The van der Waals surface area contributed by atoms with Crippen LogP contribution in [0.4, 0.5) is 0 Å². The third-order valence-corrected chi connectivity index (χ3v) is 4.09. The van der Waals surface area contributed by atoms with Gasteiger partial charge in [-0.15, -0.1) is 10.2 Å². The summed E-state index contributed by atoms with van der Waals surface area (Å²) in [6.07, 6.45) is 2.05. The number of aromatic nitrogens is 2. The van der Waals surface area contributed by atoms with E-state index < -0.39 is 0 Å². The van der Waals surface area contributed by atoms with E-state index in [0.717, 1.165) is 42.6 Å². The lowest BCUT2D eigenvalue weighted by Gasteiger charge is -2.02. The lowest BCUT2D eigenvalue weighted by atomic mass is 10.1. The third-order valence-electron chi connectivity index (χ3n) is 3.07. The minimum Gasteiger partial charge on any atom is -0.383 e. The van der Waals surface area contributed by atoms with Gasteiger partial charge in [0.2, 0.25) is 0 Å². The van der Waals surface area contributed by atoms with E-state index in [0.29, 0.717) is 0 Å². The van der Waals surface area contributed by atoms with Crippen molar-refractivity contribution in [3.8, 4) is 10.6 Å². The predicted octanol–water partition coefficient (Wildman–Crippen LogP) is 2.68. The van der Waals surface area contributed by atoms with E-state index in [1.54, 1.807) is 18.4 Å². The van der Waals surface area contributed by atoms with Gasteiger partial charge in [-0.25, -0.2) is 0 Å². The molecule has 5 heteroatoms. The van der Waals surface area contributed by atoms with Crippen molar-refractivity contribution in [2.24, 2.45) is 0 Å². The molecule has 1 aromatic heterocycles. The Morgan fingerprint density at radius 1 is 1.20 bits per heavy atom. The summed E-state index contributed by atoms with van der Waals surface area (Å²) in [6, 6.07) is 8.30. The number of hydrogen-bond acceptors (Lipinski definition) is 5. The highest BCUT2D eigenvalue weighted by atomic mass is 32.1. The number of ether oxygens (including phenoxy) is 1. The van der Waals surface area contributed by atoms with Crippen molar-refractivity contribution in [1.29, 1.82) is 0 Å². The monoisotopic (exact) mass is 291 g/mol. The van der Waals surface area contributed by atoms with Gasteiger partial charge in [0.05, 0.1) is 6.61 Å². The van der Waals surface area contributed by atoms with Gasteiger partial charge in [-0.1, -0.05) is 35.6 Å². The zero-order chi connectivity index (χ0) is 14.2. The van der Waals surface area contributed by atoms with E-state index in [9.17, 15) is 0 Å². The molecule has 0 bridgehead atoms. The summed E-state index contributed by atoms with van der Waals surface area (Å²) in [5, 5.41) is 14.1. The number of rotatable bonds is 8. The van der Waals surface area contributed by atoms with Crippen molar-refractivity contribution in [2.75, 3.05) is 26.8 Å². The summed E-state index contributed by atoms with van der Waals surface area (Å²) in [7, 11) is 1.72. The van der Waals surface area contributed by atoms with Crippen LogP contribution in [0.3, 0.4) is 0 Å². The van der Waals surface area contributed by atoms with Crippen molar-refractivity contribution < 1.29 is 4.74 Å². The largest absolute Gasteiger partial charge is 0.383 e. The molecular weight excluding hydrogens is 270 g/mol. The molecule has 1 aromatic carbocycles. The van der Waals surface area contributed by atoms with Crippen molar-refractivity contribution in [3.63, 3.8) is 0 Å². The molecule has 0 atom stereocenters. The van der Waals surface area contributed by atoms with Crippen LogP contribution in [0.5, 0.6) is 0 Å². The van der Waals surface area contributed by atoms with Gasteiger partial charge < -0.3 is 10.1 Å². The summed E-state index contributed by atoms with van der Waals surface area (Å²) >= 11 is 1.69. The molecule has 4 nitrogen and oxygen atoms in total. The fraction of sp³-hybridized carbons (Fsp3) is 0.467. The minimum atomic E-state index is 0.760. The molecule has 0 amide bonds. The Bertz CT molecular complexity index is 527. The zero-order valence-electron chi connectivity index (χ0n) is 12.1. The number of aryl methyl sites for hydroxylation is 2. The molecule has 0 unspecified atom stereocenters. The highest BCUT2D eigenvalue weighted by Gasteiger charge is 2.08.